The molecule has 0 unspecified atom stereocenters. The van der Waals surface area contributed by atoms with Crippen molar-refractivity contribution in [3.05, 3.63) is 29.8 Å². The summed E-state index contributed by atoms with van der Waals surface area (Å²) in [5.41, 5.74) is 0.641. The van der Waals surface area contributed by atoms with E-state index in [9.17, 15) is 9.59 Å². The van der Waals surface area contributed by atoms with E-state index in [0.29, 0.717) is 0 Å². The highest BCUT2D eigenvalue weighted by molar-refractivity contribution is 6.10. The van der Waals surface area contributed by atoms with Crippen LogP contribution < -0.4 is 10.6 Å². The molecule has 0 aromatic heterocycles. The number of benzene rings is 1. The van der Waals surface area contributed by atoms with E-state index in [0.717, 1.165) is 36.9 Å². The predicted molar refractivity (Wildman–Crippen MR) is 107 cm³/mol. The van der Waals surface area contributed by atoms with Crippen molar-refractivity contribution in [3.8, 4) is 0 Å². The fourth-order valence-electron chi connectivity index (χ4n) is 3.42. The van der Waals surface area contributed by atoms with Gasteiger partial charge in [-0.1, -0.05) is 64.7 Å². The van der Waals surface area contributed by atoms with Gasteiger partial charge >= 0.3 is 0 Å². The molecule has 1 aliphatic rings. The van der Waals surface area contributed by atoms with Gasteiger partial charge in [-0.05, 0) is 43.7 Å². The van der Waals surface area contributed by atoms with Gasteiger partial charge in [0.2, 0.25) is 11.8 Å². The first-order chi connectivity index (χ1) is 12.1. The third kappa shape index (κ3) is 5.09. The average molecular weight is 359 g/mol. The van der Waals surface area contributed by atoms with E-state index in [1.807, 2.05) is 24.3 Å². The Hall–Kier alpha value is -1.84. The summed E-state index contributed by atoms with van der Waals surface area (Å²) in [5.74, 6) is -0.449. The van der Waals surface area contributed by atoms with Crippen LogP contribution in [0.4, 0.5) is 5.69 Å². The van der Waals surface area contributed by atoms with Crippen LogP contribution in [-0.2, 0) is 15.0 Å². The SMILES string of the molecule is CC(C)(C(=O)Nc1ccccc1C(C)(C)C)C(=O)NC1CCCCCC1. The summed E-state index contributed by atoms with van der Waals surface area (Å²) in [5, 5.41) is 6.10. The monoisotopic (exact) mass is 358 g/mol. The highest BCUT2D eigenvalue weighted by Gasteiger charge is 2.37. The van der Waals surface area contributed by atoms with Gasteiger partial charge in [0.1, 0.15) is 5.41 Å². The van der Waals surface area contributed by atoms with Crippen LogP contribution in [0.15, 0.2) is 24.3 Å². The van der Waals surface area contributed by atoms with E-state index in [1.165, 1.54) is 12.8 Å². The lowest BCUT2D eigenvalue weighted by molar-refractivity contribution is -0.138. The number of para-hydroxylation sites is 1. The zero-order valence-corrected chi connectivity index (χ0v) is 16.9. The van der Waals surface area contributed by atoms with Crippen LogP contribution in [0.25, 0.3) is 0 Å². The first-order valence-electron chi connectivity index (χ1n) is 9.84. The van der Waals surface area contributed by atoms with E-state index in [1.54, 1.807) is 13.8 Å². The lowest BCUT2D eigenvalue weighted by Crippen LogP contribution is -2.48. The molecule has 1 aromatic rings. The second kappa shape index (κ2) is 8.24. The summed E-state index contributed by atoms with van der Waals surface area (Å²) in [7, 11) is 0. The van der Waals surface area contributed by atoms with Crippen molar-refractivity contribution in [1.82, 2.24) is 5.32 Å². The molecule has 0 atom stereocenters. The molecule has 1 aliphatic carbocycles. The Kier molecular flexibility index (Phi) is 6.48. The zero-order chi connectivity index (χ0) is 19.4. The van der Waals surface area contributed by atoms with Crippen molar-refractivity contribution in [1.29, 1.82) is 0 Å². The molecule has 1 fully saturated rings. The first-order valence-corrected chi connectivity index (χ1v) is 9.84. The minimum Gasteiger partial charge on any atom is -0.352 e. The average Bonchev–Trinajstić information content (AvgIpc) is 2.83. The second-order valence-corrected chi connectivity index (χ2v) is 9.04. The van der Waals surface area contributed by atoms with Gasteiger partial charge in [-0.3, -0.25) is 9.59 Å². The van der Waals surface area contributed by atoms with Crippen LogP contribution in [0.2, 0.25) is 0 Å². The van der Waals surface area contributed by atoms with Gasteiger partial charge in [0.15, 0.2) is 0 Å². The second-order valence-electron chi connectivity index (χ2n) is 9.04. The van der Waals surface area contributed by atoms with E-state index in [2.05, 4.69) is 31.4 Å². The number of carbonyl (C=O) groups is 2. The summed E-state index contributed by atoms with van der Waals surface area (Å²) in [6.07, 6.45) is 6.79. The molecule has 26 heavy (non-hydrogen) atoms. The molecule has 4 nitrogen and oxygen atoms in total. The van der Waals surface area contributed by atoms with Crippen molar-refractivity contribution in [2.45, 2.75) is 84.6 Å². The molecule has 0 spiro atoms. The van der Waals surface area contributed by atoms with E-state index >= 15 is 0 Å². The van der Waals surface area contributed by atoms with Crippen LogP contribution >= 0.6 is 0 Å². The summed E-state index contributed by atoms with van der Waals surface area (Å²) < 4.78 is 0. The highest BCUT2D eigenvalue weighted by Crippen LogP contribution is 2.30. The minimum atomic E-state index is -1.11. The maximum atomic E-state index is 12.9. The lowest BCUT2D eigenvalue weighted by Gasteiger charge is -2.28. The Bertz CT molecular complexity index is 636. The third-order valence-corrected chi connectivity index (χ3v) is 5.31. The molecule has 0 heterocycles. The van der Waals surface area contributed by atoms with Crippen molar-refractivity contribution in [3.63, 3.8) is 0 Å². The normalized spacial score (nSPS) is 16.7. The molecule has 0 aliphatic heterocycles. The quantitative estimate of drug-likeness (QED) is 0.601. The molecule has 2 amide bonds. The van der Waals surface area contributed by atoms with Crippen LogP contribution in [0.5, 0.6) is 0 Å². The van der Waals surface area contributed by atoms with E-state index < -0.39 is 5.41 Å². The molecule has 1 saturated carbocycles. The van der Waals surface area contributed by atoms with E-state index in [-0.39, 0.29) is 23.3 Å². The number of amides is 2. The van der Waals surface area contributed by atoms with E-state index in [4.69, 9.17) is 0 Å². The molecule has 0 saturated heterocycles. The topological polar surface area (TPSA) is 58.2 Å². The number of rotatable bonds is 4. The molecule has 0 bridgehead atoms. The van der Waals surface area contributed by atoms with Gasteiger partial charge in [0.05, 0.1) is 0 Å². The van der Waals surface area contributed by atoms with Gasteiger partial charge in [0, 0.05) is 11.7 Å². The van der Waals surface area contributed by atoms with Crippen molar-refractivity contribution >= 4 is 17.5 Å². The molecule has 1 aromatic carbocycles. The first kappa shape index (κ1) is 20.5. The van der Waals surface area contributed by atoms with Crippen LogP contribution in [-0.4, -0.2) is 17.9 Å². The predicted octanol–water partition coefficient (Wildman–Crippen LogP) is 4.79. The molecule has 4 heteroatoms. The van der Waals surface area contributed by atoms with Crippen LogP contribution in [0, 0.1) is 5.41 Å². The van der Waals surface area contributed by atoms with Gasteiger partial charge in [-0.2, -0.15) is 0 Å². The van der Waals surface area contributed by atoms with Gasteiger partial charge < -0.3 is 10.6 Å². The molecule has 0 radical (unpaired) electrons. The standard InChI is InChI=1S/C22H34N2O2/c1-21(2,3)17-14-10-11-15-18(17)24-20(26)22(4,5)19(25)23-16-12-8-6-7-9-13-16/h10-11,14-16H,6-9,12-13H2,1-5H3,(H,23,25)(H,24,26). The maximum Gasteiger partial charge on any atom is 0.239 e. The Balaban J connectivity index is 2.09. The van der Waals surface area contributed by atoms with Gasteiger partial charge in [-0.25, -0.2) is 0 Å². The maximum absolute atomic E-state index is 12.9. The minimum absolute atomic E-state index is 0.0867. The summed E-state index contributed by atoms with van der Waals surface area (Å²) in [6.45, 7) is 9.74. The molecule has 2 N–H and O–H groups in total. The number of nitrogens with one attached hydrogen (secondary N) is 2. The Morgan fingerprint density at radius 2 is 1.46 bits per heavy atom. The fraction of sp³-hybridized carbons (Fsp3) is 0.636. The fourth-order valence-corrected chi connectivity index (χ4v) is 3.42. The van der Waals surface area contributed by atoms with Gasteiger partial charge in [-0.15, -0.1) is 0 Å². The van der Waals surface area contributed by atoms with Crippen molar-refractivity contribution in [2.24, 2.45) is 5.41 Å². The van der Waals surface area contributed by atoms with Gasteiger partial charge in [0.25, 0.3) is 0 Å². The molecular formula is C22H34N2O2. The largest absolute Gasteiger partial charge is 0.352 e. The Morgan fingerprint density at radius 3 is 2.04 bits per heavy atom. The van der Waals surface area contributed by atoms with Crippen molar-refractivity contribution < 1.29 is 9.59 Å². The molecular weight excluding hydrogens is 324 g/mol. The summed E-state index contributed by atoms with van der Waals surface area (Å²) >= 11 is 0. The van der Waals surface area contributed by atoms with Crippen LogP contribution in [0.3, 0.4) is 0 Å². The smallest absolute Gasteiger partial charge is 0.239 e. The zero-order valence-electron chi connectivity index (χ0n) is 16.9. The van der Waals surface area contributed by atoms with Crippen LogP contribution in [0.1, 0.15) is 78.7 Å². The molecule has 144 valence electrons. The molecule has 2 rings (SSSR count). The lowest BCUT2D eigenvalue weighted by atomic mass is 9.85. The number of hydrogen-bond donors (Lipinski definition) is 2. The number of hydrogen-bond acceptors (Lipinski definition) is 2. The third-order valence-electron chi connectivity index (χ3n) is 5.31. The Labute approximate surface area is 158 Å². The Morgan fingerprint density at radius 1 is 0.885 bits per heavy atom. The van der Waals surface area contributed by atoms with Crippen molar-refractivity contribution in [2.75, 3.05) is 5.32 Å². The number of carbonyl (C=O) groups excluding carboxylic acids is 2. The highest BCUT2D eigenvalue weighted by atomic mass is 16.2. The summed E-state index contributed by atoms with van der Waals surface area (Å²) in [6, 6.07) is 7.99. The number of anilines is 1. The summed E-state index contributed by atoms with van der Waals surface area (Å²) in [4.78, 5) is 25.7.